The van der Waals surface area contributed by atoms with Crippen LogP contribution in [0.5, 0.6) is 11.5 Å². The fraction of sp³-hybridized carbons (Fsp3) is 0.254. The molecular weight excluding hydrogens is 912 g/mol. The summed E-state index contributed by atoms with van der Waals surface area (Å²) in [5.74, 6) is -3.53. The second kappa shape index (κ2) is 17.7. The molecule has 0 saturated heterocycles. The lowest BCUT2D eigenvalue weighted by molar-refractivity contribution is -0.130. The van der Waals surface area contributed by atoms with Crippen LogP contribution in [0.4, 0.5) is 5.69 Å². The Bertz CT molecular complexity index is 3350. The van der Waals surface area contributed by atoms with E-state index >= 15 is 4.57 Å². The lowest BCUT2D eigenvalue weighted by Crippen LogP contribution is -2.48. The van der Waals surface area contributed by atoms with Gasteiger partial charge in [0.1, 0.15) is 10.9 Å². The highest BCUT2D eigenvalue weighted by atomic mass is 31.2. The van der Waals surface area contributed by atoms with Gasteiger partial charge < -0.3 is 9.26 Å². The Morgan fingerprint density at radius 1 is 0.592 bits per heavy atom. The van der Waals surface area contributed by atoms with E-state index in [4.69, 9.17) is 9.26 Å². The summed E-state index contributed by atoms with van der Waals surface area (Å²) >= 11 is 0. The lowest BCUT2D eigenvalue weighted by Gasteiger charge is -2.42. The monoisotopic (exact) mass is 966 g/mol. The highest BCUT2D eigenvalue weighted by Gasteiger charge is 2.54. The number of hydrogen-bond acceptors (Lipinski definition) is 9. The number of ketones is 1. The van der Waals surface area contributed by atoms with Gasteiger partial charge in [0.15, 0.2) is 11.5 Å². The maximum absolute atomic E-state index is 16.5. The average Bonchev–Trinajstić information content (AvgIpc) is 3.80. The van der Waals surface area contributed by atoms with Crippen molar-refractivity contribution in [3.05, 3.63) is 190 Å². The minimum absolute atomic E-state index is 0.00277. The smallest absolute Gasteiger partial charge is 0.338 e. The zero-order valence-electron chi connectivity index (χ0n) is 41.2. The summed E-state index contributed by atoms with van der Waals surface area (Å²) in [7, 11) is -4.10. The van der Waals surface area contributed by atoms with Crippen molar-refractivity contribution in [3.8, 4) is 22.6 Å². The average molecular weight is 967 g/mol. The SMILES string of the molecule is C=C(C)C(=O)Oc1cc(C(C)(c2ccc(C(C)(CC)CC)cc2)P2(=O)Oc3ccccc3-c3ccccc32)ccc1N1C(=O)c2ccc(C(=O)c3ccc4c(c3)C(=O)N(C(C)(CC)CC)C4=O)cc2C1=O. The summed E-state index contributed by atoms with van der Waals surface area (Å²) in [5, 5.41) is -0.991. The number of amides is 4. The van der Waals surface area contributed by atoms with Crippen molar-refractivity contribution >= 4 is 53.7 Å². The molecule has 12 heteroatoms. The van der Waals surface area contributed by atoms with Gasteiger partial charge in [-0.05, 0) is 123 Å². The van der Waals surface area contributed by atoms with E-state index in [9.17, 15) is 28.8 Å². The van der Waals surface area contributed by atoms with Crippen molar-refractivity contribution in [1.29, 1.82) is 0 Å². The number of anilines is 1. The molecule has 71 heavy (non-hydrogen) atoms. The van der Waals surface area contributed by atoms with Crippen LogP contribution in [0, 0.1) is 0 Å². The topological polar surface area (TPSA) is 144 Å². The molecule has 11 nitrogen and oxygen atoms in total. The summed E-state index contributed by atoms with van der Waals surface area (Å²) in [4.78, 5) is 86.0. The first-order valence-electron chi connectivity index (χ1n) is 24.0. The maximum atomic E-state index is 16.5. The summed E-state index contributed by atoms with van der Waals surface area (Å²) < 4.78 is 29.3. The van der Waals surface area contributed by atoms with E-state index in [0.717, 1.165) is 34.4 Å². The fourth-order valence-electron chi connectivity index (χ4n) is 10.1. The van der Waals surface area contributed by atoms with E-state index in [0.29, 0.717) is 35.0 Å². The van der Waals surface area contributed by atoms with E-state index in [1.807, 2.05) is 82.3 Å². The van der Waals surface area contributed by atoms with Crippen molar-refractivity contribution in [1.82, 2.24) is 4.90 Å². The Morgan fingerprint density at radius 3 is 1.72 bits per heavy atom. The Morgan fingerprint density at radius 2 is 1.11 bits per heavy atom. The van der Waals surface area contributed by atoms with E-state index in [1.165, 1.54) is 60.4 Å². The molecule has 6 aromatic rings. The first-order valence-corrected chi connectivity index (χ1v) is 25.7. The summed E-state index contributed by atoms with van der Waals surface area (Å²) in [6.45, 7) is 19.3. The van der Waals surface area contributed by atoms with E-state index in [2.05, 4.69) is 39.5 Å². The van der Waals surface area contributed by atoms with Crippen LogP contribution < -0.4 is 19.5 Å². The van der Waals surface area contributed by atoms with Crippen LogP contribution in [0.2, 0.25) is 0 Å². The predicted molar refractivity (Wildman–Crippen MR) is 274 cm³/mol. The number of carbonyl (C=O) groups is 6. The number of imide groups is 2. The fourth-order valence-corrected chi connectivity index (χ4v) is 13.0. The molecule has 360 valence electrons. The largest absolute Gasteiger partial charge is 0.438 e. The number of benzene rings is 6. The molecule has 4 amide bonds. The van der Waals surface area contributed by atoms with Crippen molar-refractivity contribution < 1.29 is 42.6 Å². The molecule has 9 rings (SSSR count). The molecule has 0 fully saturated rings. The van der Waals surface area contributed by atoms with Gasteiger partial charge in [-0.3, -0.25) is 33.4 Å². The number of rotatable bonds is 14. The number of para-hydroxylation sites is 1. The molecule has 0 N–H and O–H groups in total. The molecule has 3 heterocycles. The lowest BCUT2D eigenvalue weighted by atomic mass is 9.77. The standard InChI is InChI=1S/C59H55N2O9P/c1-10-57(7,11-2)38-24-26-39(27-25-38)59(9,71(68)50-21-17-15-19-42(50)41-18-14-16-20-48(41)70-71)40-28-31-47(49(34-40)69-56(67)35(5)6)60-52(63)43-29-22-36(32-45(43)53(60)64)51(62)37-23-30-44-46(33-37)55(66)61(54(44)65)58(8,12-3)13-4/h14-34H,5,10-13H2,1-4,6-9H3. The number of ether oxygens (including phenoxy) is 1. The van der Waals surface area contributed by atoms with Crippen LogP contribution in [-0.2, 0) is 19.9 Å². The van der Waals surface area contributed by atoms with E-state index < -0.39 is 53.4 Å². The van der Waals surface area contributed by atoms with Crippen LogP contribution in [0.15, 0.2) is 140 Å². The first kappa shape index (κ1) is 48.5. The molecule has 2 atom stereocenters. The van der Waals surface area contributed by atoms with Crippen molar-refractivity contribution in [2.45, 2.75) is 97.2 Å². The van der Waals surface area contributed by atoms with Crippen LogP contribution in [0.3, 0.4) is 0 Å². The maximum Gasteiger partial charge on any atom is 0.338 e. The molecule has 3 aliphatic rings. The third-order valence-corrected chi connectivity index (χ3v) is 18.8. The summed E-state index contributed by atoms with van der Waals surface area (Å²) in [6.07, 6.45) is 2.90. The van der Waals surface area contributed by atoms with Crippen LogP contribution in [0.25, 0.3) is 11.1 Å². The molecule has 0 aliphatic carbocycles. The summed E-state index contributed by atoms with van der Waals surface area (Å²) in [5.41, 5.74) is 3.28. The minimum atomic E-state index is -4.10. The molecule has 0 bridgehead atoms. The Balaban J connectivity index is 1.14. The highest BCUT2D eigenvalue weighted by molar-refractivity contribution is 7.69. The van der Waals surface area contributed by atoms with Gasteiger partial charge in [0.05, 0.1) is 33.2 Å². The molecule has 0 aromatic heterocycles. The van der Waals surface area contributed by atoms with Gasteiger partial charge in [0.25, 0.3) is 31.0 Å². The molecule has 3 aliphatic heterocycles. The van der Waals surface area contributed by atoms with Gasteiger partial charge in [-0.2, -0.15) is 0 Å². The molecule has 0 spiro atoms. The van der Waals surface area contributed by atoms with E-state index in [-0.39, 0.29) is 55.8 Å². The van der Waals surface area contributed by atoms with Gasteiger partial charge in [-0.25, -0.2) is 9.69 Å². The quantitative estimate of drug-likeness (QED) is 0.0260. The Hall–Kier alpha value is -7.49. The second-order valence-corrected chi connectivity index (χ2v) is 22.0. The Labute approximate surface area is 413 Å². The van der Waals surface area contributed by atoms with Gasteiger partial charge in [-0.1, -0.05) is 120 Å². The van der Waals surface area contributed by atoms with Crippen LogP contribution in [0.1, 0.15) is 155 Å². The van der Waals surface area contributed by atoms with Crippen molar-refractivity contribution in [3.63, 3.8) is 0 Å². The zero-order chi connectivity index (χ0) is 50.9. The number of nitrogens with zero attached hydrogens (tertiary/aromatic N) is 2. The number of esters is 1. The third-order valence-electron chi connectivity index (χ3n) is 15.6. The number of hydrogen-bond donors (Lipinski definition) is 0. The van der Waals surface area contributed by atoms with Gasteiger partial charge in [0, 0.05) is 27.8 Å². The predicted octanol–water partition coefficient (Wildman–Crippen LogP) is 12.4. The molecule has 2 unspecified atom stereocenters. The molecular formula is C59H55N2O9P. The Kier molecular flexibility index (Phi) is 12.1. The number of carbonyl (C=O) groups excluding carboxylic acids is 6. The first-order chi connectivity index (χ1) is 33.8. The molecule has 0 radical (unpaired) electrons. The normalized spacial score (nSPS) is 17.0. The number of fused-ring (bicyclic) bond motifs is 5. The highest BCUT2D eigenvalue weighted by Crippen LogP contribution is 2.69. The van der Waals surface area contributed by atoms with Crippen molar-refractivity contribution in [2.75, 3.05) is 4.90 Å². The summed E-state index contributed by atoms with van der Waals surface area (Å²) in [6, 6.07) is 36.1. The van der Waals surface area contributed by atoms with Crippen LogP contribution in [-0.4, -0.2) is 45.8 Å². The van der Waals surface area contributed by atoms with E-state index in [1.54, 1.807) is 12.1 Å². The van der Waals surface area contributed by atoms with Crippen molar-refractivity contribution in [2.24, 2.45) is 0 Å². The molecule has 6 aromatic carbocycles. The third kappa shape index (κ3) is 7.43. The van der Waals surface area contributed by atoms with Crippen LogP contribution >= 0.6 is 7.37 Å². The zero-order valence-corrected chi connectivity index (χ0v) is 42.1. The van der Waals surface area contributed by atoms with Gasteiger partial charge >= 0.3 is 5.97 Å². The van der Waals surface area contributed by atoms with Gasteiger partial charge in [-0.15, -0.1) is 0 Å². The minimum Gasteiger partial charge on any atom is -0.438 e. The molecule has 0 saturated carbocycles. The van der Waals surface area contributed by atoms with Gasteiger partial charge in [0.2, 0.25) is 0 Å². The second-order valence-electron chi connectivity index (χ2n) is 19.4.